The maximum Gasteiger partial charge on any atom is 0.258 e. The number of hydrogen-bond acceptors (Lipinski definition) is 2. The summed E-state index contributed by atoms with van der Waals surface area (Å²) in [4.78, 5) is 15.0. The van der Waals surface area contributed by atoms with Gasteiger partial charge in [0.05, 0.1) is 5.56 Å². The number of nitrogens with one attached hydrogen (secondary N) is 1. The van der Waals surface area contributed by atoms with Crippen LogP contribution in [-0.4, -0.2) is 10.8 Å². The molecule has 124 valence electrons. The van der Waals surface area contributed by atoms with E-state index in [9.17, 15) is 4.79 Å². The molecular formula is C21H17BrN2O. The van der Waals surface area contributed by atoms with E-state index in [4.69, 9.17) is 0 Å². The van der Waals surface area contributed by atoms with Crippen LogP contribution in [0.2, 0.25) is 0 Å². The second kappa shape index (κ2) is 6.73. The van der Waals surface area contributed by atoms with E-state index in [2.05, 4.69) is 21.2 Å². The fourth-order valence-corrected chi connectivity index (χ4v) is 3.41. The van der Waals surface area contributed by atoms with Gasteiger partial charge in [0.25, 0.3) is 5.91 Å². The molecule has 0 aromatic heterocycles. The number of anilines is 1. The fourth-order valence-electron chi connectivity index (χ4n) is 3.14. The van der Waals surface area contributed by atoms with Crippen LogP contribution < -0.4 is 5.32 Å². The van der Waals surface area contributed by atoms with E-state index < -0.39 is 0 Å². The molecule has 1 aliphatic rings. The number of carbonyl (C=O) groups excluding carboxylic acids is 1. The standard InChI is InChI=1S/C21H17BrN2O/c22-17-12-10-16(11-13-17)20-23-19-9-5-4-8-18(19)21(25)24(20)14-15-6-2-1-3-7-15/h1-13,20,23H,14H2/t20-/m0/s1. The average Bonchev–Trinajstić information content (AvgIpc) is 2.65. The molecule has 1 atom stereocenters. The number of halogens is 1. The van der Waals surface area contributed by atoms with E-state index in [0.29, 0.717) is 12.1 Å². The van der Waals surface area contributed by atoms with Crippen LogP contribution in [0.1, 0.15) is 27.7 Å². The van der Waals surface area contributed by atoms with E-state index in [1.54, 1.807) is 0 Å². The summed E-state index contributed by atoms with van der Waals surface area (Å²) in [6.07, 6.45) is -0.198. The van der Waals surface area contributed by atoms with Crippen molar-refractivity contribution in [2.45, 2.75) is 12.7 Å². The molecule has 1 heterocycles. The van der Waals surface area contributed by atoms with Crippen LogP contribution in [0.25, 0.3) is 0 Å². The third-order valence-corrected chi connectivity index (χ3v) is 4.93. The number of nitrogens with zero attached hydrogens (tertiary/aromatic N) is 1. The van der Waals surface area contributed by atoms with Gasteiger partial charge in [-0.05, 0) is 35.4 Å². The number of fused-ring (bicyclic) bond motifs is 1. The zero-order valence-electron chi connectivity index (χ0n) is 13.5. The predicted octanol–water partition coefficient (Wildman–Crippen LogP) is 5.22. The predicted molar refractivity (Wildman–Crippen MR) is 103 cm³/mol. The maximum absolute atomic E-state index is 13.1. The Bertz CT molecular complexity index is 893. The Labute approximate surface area is 155 Å². The molecular weight excluding hydrogens is 376 g/mol. The van der Waals surface area contributed by atoms with Crippen LogP contribution in [0.15, 0.2) is 83.3 Å². The van der Waals surface area contributed by atoms with E-state index in [1.165, 1.54) is 0 Å². The van der Waals surface area contributed by atoms with E-state index in [-0.39, 0.29) is 12.1 Å². The third kappa shape index (κ3) is 3.17. The highest BCUT2D eigenvalue weighted by atomic mass is 79.9. The highest BCUT2D eigenvalue weighted by Gasteiger charge is 2.32. The number of carbonyl (C=O) groups is 1. The van der Waals surface area contributed by atoms with Gasteiger partial charge in [-0.3, -0.25) is 4.79 Å². The Hall–Kier alpha value is -2.59. The van der Waals surface area contributed by atoms with Crippen LogP contribution in [-0.2, 0) is 6.54 Å². The number of benzene rings is 3. The Morgan fingerprint density at radius 2 is 1.56 bits per heavy atom. The minimum atomic E-state index is -0.198. The minimum absolute atomic E-state index is 0.0473. The number of para-hydroxylation sites is 1. The second-order valence-corrected chi connectivity index (χ2v) is 6.98. The van der Waals surface area contributed by atoms with Crippen molar-refractivity contribution in [2.24, 2.45) is 0 Å². The minimum Gasteiger partial charge on any atom is -0.361 e. The topological polar surface area (TPSA) is 32.3 Å². The summed E-state index contributed by atoms with van der Waals surface area (Å²) in [7, 11) is 0. The van der Waals surface area contributed by atoms with Crippen molar-refractivity contribution in [3.8, 4) is 0 Å². The van der Waals surface area contributed by atoms with Crippen molar-refractivity contribution in [3.63, 3.8) is 0 Å². The molecule has 1 aliphatic heterocycles. The van der Waals surface area contributed by atoms with Gasteiger partial charge in [0.2, 0.25) is 0 Å². The first kappa shape index (κ1) is 15.9. The maximum atomic E-state index is 13.1. The van der Waals surface area contributed by atoms with Gasteiger partial charge in [-0.15, -0.1) is 0 Å². The summed E-state index contributed by atoms with van der Waals surface area (Å²) >= 11 is 3.48. The van der Waals surface area contributed by atoms with Crippen LogP contribution >= 0.6 is 15.9 Å². The van der Waals surface area contributed by atoms with E-state index >= 15 is 0 Å². The van der Waals surface area contributed by atoms with Gasteiger partial charge in [-0.2, -0.15) is 0 Å². The normalized spacial score (nSPS) is 16.3. The van der Waals surface area contributed by atoms with Crippen molar-refractivity contribution in [3.05, 3.63) is 100 Å². The Morgan fingerprint density at radius 3 is 2.32 bits per heavy atom. The lowest BCUT2D eigenvalue weighted by molar-refractivity contribution is 0.0666. The summed E-state index contributed by atoms with van der Waals surface area (Å²) in [5.41, 5.74) is 3.76. The van der Waals surface area contributed by atoms with E-state index in [0.717, 1.165) is 21.3 Å². The summed E-state index contributed by atoms with van der Waals surface area (Å²) in [5, 5.41) is 3.52. The largest absolute Gasteiger partial charge is 0.361 e. The molecule has 0 bridgehead atoms. The summed E-state index contributed by atoms with van der Waals surface area (Å²) in [6, 6.07) is 25.9. The van der Waals surface area contributed by atoms with Gasteiger partial charge in [-0.25, -0.2) is 0 Å². The van der Waals surface area contributed by atoms with Gasteiger partial charge < -0.3 is 10.2 Å². The van der Waals surface area contributed by atoms with Crippen LogP contribution in [0, 0.1) is 0 Å². The monoisotopic (exact) mass is 392 g/mol. The van der Waals surface area contributed by atoms with Gasteiger partial charge in [0.1, 0.15) is 6.17 Å². The smallest absolute Gasteiger partial charge is 0.258 e. The van der Waals surface area contributed by atoms with Crippen molar-refractivity contribution in [1.82, 2.24) is 4.90 Å². The van der Waals surface area contributed by atoms with Gasteiger partial charge in [-0.1, -0.05) is 70.5 Å². The van der Waals surface area contributed by atoms with Gasteiger partial charge in [0, 0.05) is 16.7 Å². The van der Waals surface area contributed by atoms with Crippen molar-refractivity contribution >= 4 is 27.5 Å². The lowest BCUT2D eigenvalue weighted by Crippen LogP contribution is -2.42. The number of rotatable bonds is 3. The molecule has 0 saturated heterocycles. The quantitative estimate of drug-likeness (QED) is 0.662. The molecule has 0 radical (unpaired) electrons. The Kier molecular flexibility index (Phi) is 4.28. The molecule has 1 amide bonds. The summed E-state index contributed by atoms with van der Waals surface area (Å²) in [6.45, 7) is 0.557. The first-order valence-corrected chi connectivity index (χ1v) is 8.97. The molecule has 3 nitrogen and oxygen atoms in total. The SMILES string of the molecule is O=C1c2ccccc2N[C@H](c2ccc(Br)cc2)N1Cc1ccccc1. The molecule has 25 heavy (non-hydrogen) atoms. The Morgan fingerprint density at radius 1 is 0.880 bits per heavy atom. The molecule has 3 aromatic rings. The van der Waals surface area contributed by atoms with Crippen LogP contribution in [0.4, 0.5) is 5.69 Å². The summed E-state index contributed by atoms with van der Waals surface area (Å²) < 4.78 is 1.02. The molecule has 1 N–H and O–H groups in total. The highest BCUT2D eigenvalue weighted by molar-refractivity contribution is 9.10. The Balaban J connectivity index is 1.75. The van der Waals surface area contributed by atoms with Crippen molar-refractivity contribution in [2.75, 3.05) is 5.32 Å². The zero-order chi connectivity index (χ0) is 17.2. The van der Waals surface area contributed by atoms with Crippen LogP contribution in [0.3, 0.4) is 0 Å². The van der Waals surface area contributed by atoms with Gasteiger partial charge >= 0.3 is 0 Å². The lowest BCUT2D eigenvalue weighted by atomic mass is 10.0. The fraction of sp³-hybridized carbons (Fsp3) is 0.0952. The second-order valence-electron chi connectivity index (χ2n) is 6.06. The molecule has 0 aliphatic carbocycles. The number of hydrogen-bond donors (Lipinski definition) is 1. The molecule has 0 saturated carbocycles. The number of amides is 1. The van der Waals surface area contributed by atoms with Crippen molar-refractivity contribution in [1.29, 1.82) is 0 Å². The molecule has 0 fully saturated rings. The zero-order valence-corrected chi connectivity index (χ0v) is 15.1. The lowest BCUT2D eigenvalue weighted by Gasteiger charge is -2.38. The molecule has 0 unspecified atom stereocenters. The average molecular weight is 393 g/mol. The molecule has 0 spiro atoms. The first-order chi connectivity index (χ1) is 12.2. The highest BCUT2D eigenvalue weighted by Crippen LogP contribution is 2.34. The first-order valence-electron chi connectivity index (χ1n) is 8.18. The molecule has 4 rings (SSSR count). The van der Waals surface area contributed by atoms with Gasteiger partial charge in [0.15, 0.2) is 0 Å². The molecule has 4 heteroatoms. The summed E-state index contributed by atoms with van der Waals surface area (Å²) in [5.74, 6) is 0.0473. The van der Waals surface area contributed by atoms with E-state index in [1.807, 2.05) is 83.8 Å². The van der Waals surface area contributed by atoms with Crippen molar-refractivity contribution < 1.29 is 4.79 Å². The third-order valence-electron chi connectivity index (χ3n) is 4.40. The molecule has 3 aromatic carbocycles. The van der Waals surface area contributed by atoms with Crippen LogP contribution in [0.5, 0.6) is 0 Å².